The second kappa shape index (κ2) is 13.1. The van der Waals surface area contributed by atoms with E-state index in [9.17, 15) is 9.00 Å². The highest BCUT2D eigenvalue weighted by Gasteiger charge is 2.28. The van der Waals surface area contributed by atoms with E-state index in [1.807, 2.05) is 57.2 Å². The minimum Gasteiger partial charge on any atom is -0.483 e. The number of nitrogens with one attached hydrogen (secondary N) is 2. The van der Waals surface area contributed by atoms with Gasteiger partial charge in [-0.05, 0) is 81.7 Å². The van der Waals surface area contributed by atoms with Crippen molar-refractivity contribution in [1.82, 2.24) is 14.6 Å². The highest BCUT2D eigenvalue weighted by Crippen LogP contribution is 2.36. The number of nitrogens with zero attached hydrogens (tertiary/aromatic N) is 1. The standard InChI is InChI=1S/C30H38FN3O2S.CH2O2/c1-30(2,3)33-37(36)27-17-16-23(22-14-7-8-15-24(22)27)26-18-25(29(35)32-21-12-9-13-21)28(31)34(26)19-20-10-5-4-6-11-20;2-1-3/h7-8,14-18,20-21,33H,4-6,9-13,19H2,1-3H3,(H,32,35);1H,(H,2,3). The molecule has 5 rings (SSSR count). The van der Waals surface area contributed by atoms with Crippen molar-refractivity contribution in [2.75, 3.05) is 0 Å². The van der Waals surface area contributed by atoms with Gasteiger partial charge in [0.1, 0.15) is 11.0 Å². The summed E-state index contributed by atoms with van der Waals surface area (Å²) >= 11 is 0. The van der Waals surface area contributed by atoms with Crippen LogP contribution in [-0.4, -0.2) is 37.8 Å². The van der Waals surface area contributed by atoms with E-state index in [1.165, 1.54) is 19.3 Å². The summed E-state index contributed by atoms with van der Waals surface area (Å²) in [4.78, 5) is 22.1. The molecular weight excluding hydrogens is 529 g/mol. The lowest BCUT2D eigenvalue weighted by Crippen LogP contribution is -2.39. The molecule has 0 bridgehead atoms. The zero-order valence-corrected chi connectivity index (χ0v) is 24.4. The Morgan fingerprint density at radius 3 is 2.30 bits per heavy atom. The topological polar surface area (TPSA) is 100 Å². The average molecular weight is 570 g/mol. The molecule has 40 heavy (non-hydrogen) atoms. The third kappa shape index (κ3) is 6.99. The molecular formula is C31H40FN3O4S. The van der Waals surface area contributed by atoms with Gasteiger partial charge in [-0.1, -0.05) is 49.6 Å². The van der Waals surface area contributed by atoms with E-state index < -0.39 is 16.9 Å². The second-order valence-electron chi connectivity index (χ2n) is 11.8. The molecule has 2 aromatic carbocycles. The monoisotopic (exact) mass is 569 g/mol. The van der Waals surface area contributed by atoms with Crippen molar-refractivity contribution >= 4 is 34.1 Å². The van der Waals surface area contributed by atoms with Gasteiger partial charge in [0.15, 0.2) is 0 Å². The number of carbonyl (C=O) groups is 2. The second-order valence-corrected chi connectivity index (χ2v) is 13.0. The molecule has 9 heteroatoms. The van der Waals surface area contributed by atoms with Crippen LogP contribution < -0.4 is 10.0 Å². The molecule has 2 aliphatic rings. The van der Waals surface area contributed by atoms with Gasteiger partial charge in [-0.3, -0.25) is 9.59 Å². The fraction of sp³-hybridized carbons (Fsp3) is 0.484. The molecule has 0 radical (unpaired) electrons. The Balaban J connectivity index is 0.00000118. The van der Waals surface area contributed by atoms with Crippen LogP contribution in [0.1, 0.15) is 82.5 Å². The first-order chi connectivity index (χ1) is 19.1. The van der Waals surface area contributed by atoms with Crippen molar-refractivity contribution in [2.45, 2.75) is 95.2 Å². The SMILES string of the molecule is CC(C)(C)NS(=O)c1ccc(-c2cc(C(=O)NC3CCC3)c(F)n2CC2CCCCC2)c2ccccc12.O=CO. The number of hydrogen-bond acceptors (Lipinski definition) is 3. The number of carbonyl (C=O) groups excluding carboxylic acids is 1. The summed E-state index contributed by atoms with van der Waals surface area (Å²) in [7, 11) is -1.41. The molecule has 1 unspecified atom stereocenters. The summed E-state index contributed by atoms with van der Waals surface area (Å²) in [6, 6.07) is 13.5. The van der Waals surface area contributed by atoms with Crippen LogP contribution in [0.15, 0.2) is 47.4 Å². The van der Waals surface area contributed by atoms with Crippen LogP contribution in [0.5, 0.6) is 0 Å². The van der Waals surface area contributed by atoms with Crippen molar-refractivity contribution < 1.29 is 23.3 Å². The summed E-state index contributed by atoms with van der Waals surface area (Å²) in [5.41, 5.74) is 1.36. The lowest BCUT2D eigenvalue weighted by Gasteiger charge is -2.26. The Morgan fingerprint density at radius 1 is 1.05 bits per heavy atom. The Morgan fingerprint density at radius 2 is 1.70 bits per heavy atom. The molecule has 1 aromatic heterocycles. The molecule has 1 heterocycles. The van der Waals surface area contributed by atoms with Gasteiger partial charge in [-0.25, -0.2) is 8.93 Å². The molecule has 7 nitrogen and oxygen atoms in total. The van der Waals surface area contributed by atoms with Crippen molar-refractivity contribution in [1.29, 1.82) is 0 Å². The quantitative estimate of drug-likeness (QED) is 0.286. The predicted molar refractivity (Wildman–Crippen MR) is 157 cm³/mol. The van der Waals surface area contributed by atoms with Crippen LogP contribution in [0.25, 0.3) is 22.0 Å². The molecule has 0 aliphatic heterocycles. The number of halogens is 1. The number of fused-ring (bicyclic) bond motifs is 1. The Labute approximate surface area is 238 Å². The third-order valence-corrected chi connectivity index (χ3v) is 9.19. The molecule has 2 fully saturated rings. The molecule has 1 amide bonds. The average Bonchev–Trinajstić information content (AvgIpc) is 3.21. The van der Waals surface area contributed by atoms with Gasteiger partial charge in [-0.2, -0.15) is 4.39 Å². The first-order valence-corrected chi connectivity index (χ1v) is 15.3. The minimum absolute atomic E-state index is 0.115. The molecule has 0 saturated heterocycles. The smallest absolute Gasteiger partial charge is 0.290 e. The molecule has 0 spiro atoms. The van der Waals surface area contributed by atoms with Gasteiger partial charge in [0.25, 0.3) is 12.4 Å². The number of rotatable bonds is 7. The van der Waals surface area contributed by atoms with Gasteiger partial charge >= 0.3 is 0 Å². The lowest BCUT2D eigenvalue weighted by atomic mass is 9.89. The van der Waals surface area contributed by atoms with E-state index in [2.05, 4.69) is 10.0 Å². The van der Waals surface area contributed by atoms with Gasteiger partial charge < -0.3 is 15.0 Å². The van der Waals surface area contributed by atoms with E-state index in [4.69, 9.17) is 9.90 Å². The maximum absolute atomic E-state index is 16.0. The molecule has 2 aliphatic carbocycles. The highest BCUT2D eigenvalue weighted by atomic mass is 32.2. The number of amides is 1. The van der Waals surface area contributed by atoms with Crippen LogP contribution in [0.3, 0.4) is 0 Å². The highest BCUT2D eigenvalue weighted by molar-refractivity contribution is 7.83. The normalized spacial score (nSPS) is 17.0. The summed E-state index contributed by atoms with van der Waals surface area (Å²) in [5, 5.41) is 11.7. The summed E-state index contributed by atoms with van der Waals surface area (Å²) in [5.74, 6) is -0.392. The lowest BCUT2D eigenvalue weighted by molar-refractivity contribution is -0.122. The number of carboxylic acid groups (broad SMARTS) is 1. The van der Waals surface area contributed by atoms with Crippen molar-refractivity contribution in [3.63, 3.8) is 0 Å². The number of aromatic nitrogens is 1. The predicted octanol–water partition coefficient (Wildman–Crippen LogP) is 6.42. The maximum atomic E-state index is 16.0. The van der Waals surface area contributed by atoms with Gasteiger partial charge in [0.2, 0.25) is 5.95 Å². The maximum Gasteiger partial charge on any atom is 0.290 e. The van der Waals surface area contributed by atoms with Crippen LogP contribution in [-0.2, 0) is 22.3 Å². The van der Waals surface area contributed by atoms with Crippen molar-refractivity contribution in [3.05, 3.63) is 54.0 Å². The number of hydrogen-bond donors (Lipinski definition) is 3. The summed E-state index contributed by atoms with van der Waals surface area (Å²) in [6.07, 6.45) is 8.74. The molecule has 2 saturated carbocycles. The van der Waals surface area contributed by atoms with E-state index >= 15 is 4.39 Å². The molecule has 1 atom stereocenters. The van der Waals surface area contributed by atoms with Crippen LogP contribution in [0.2, 0.25) is 0 Å². The van der Waals surface area contributed by atoms with Crippen LogP contribution >= 0.6 is 0 Å². The van der Waals surface area contributed by atoms with Crippen LogP contribution in [0, 0.1) is 11.9 Å². The van der Waals surface area contributed by atoms with E-state index in [0.29, 0.717) is 23.1 Å². The fourth-order valence-corrected chi connectivity index (χ4v) is 6.75. The Hall–Kier alpha value is -3.04. The summed E-state index contributed by atoms with van der Waals surface area (Å²) in [6.45, 7) is 6.27. The van der Waals surface area contributed by atoms with Gasteiger partial charge in [-0.15, -0.1) is 0 Å². The Bertz CT molecular complexity index is 1370. The van der Waals surface area contributed by atoms with E-state index in [-0.39, 0.29) is 29.5 Å². The zero-order chi connectivity index (χ0) is 28.9. The largest absolute Gasteiger partial charge is 0.483 e. The van der Waals surface area contributed by atoms with Gasteiger partial charge in [0, 0.05) is 23.7 Å². The molecule has 3 N–H and O–H groups in total. The van der Waals surface area contributed by atoms with Gasteiger partial charge in [0.05, 0.1) is 16.2 Å². The van der Waals surface area contributed by atoms with Crippen molar-refractivity contribution in [3.8, 4) is 11.3 Å². The van der Waals surface area contributed by atoms with Crippen LogP contribution in [0.4, 0.5) is 4.39 Å². The Kier molecular flexibility index (Phi) is 9.79. The first kappa shape index (κ1) is 29.9. The summed E-state index contributed by atoms with van der Waals surface area (Å²) < 4.78 is 34.1. The molecule has 216 valence electrons. The van der Waals surface area contributed by atoms with E-state index in [0.717, 1.165) is 48.4 Å². The van der Waals surface area contributed by atoms with Crippen molar-refractivity contribution in [2.24, 2.45) is 5.92 Å². The first-order valence-electron chi connectivity index (χ1n) is 14.1. The molecule has 3 aromatic rings. The number of benzene rings is 2. The third-order valence-electron chi connectivity index (χ3n) is 7.64. The minimum atomic E-state index is -1.41. The zero-order valence-electron chi connectivity index (χ0n) is 23.5. The fourth-order valence-electron chi connectivity index (χ4n) is 5.52. The van der Waals surface area contributed by atoms with E-state index in [1.54, 1.807) is 10.6 Å².